The van der Waals surface area contributed by atoms with E-state index in [2.05, 4.69) is 15.6 Å². The number of ether oxygens (including phenoxy) is 2. The number of aliphatic hydroxyl groups is 1. The van der Waals surface area contributed by atoms with E-state index < -0.39 is 53.0 Å². The zero-order valence-electron chi connectivity index (χ0n) is 25.1. The molecule has 2 aliphatic rings. The molecule has 2 aromatic rings. The monoisotopic (exact) mass is 618 g/mol. The molecule has 0 bridgehead atoms. The third kappa shape index (κ3) is 7.69. The normalized spacial score (nSPS) is 19.8. The fourth-order valence-electron chi connectivity index (χ4n) is 4.92. The second kappa shape index (κ2) is 13.0. The van der Waals surface area contributed by atoms with Crippen molar-refractivity contribution in [2.75, 3.05) is 20.3 Å². The van der Waals surface area contributed by atoms with Gasteiger partial charge < -0.3 is 30.1 Å². The van der Waals surface area contributed by atoms with Crippen molar-refractivity contribution in [2.45, 2.75) is 83.8 Å². The number of likely N-dealkylation sites (tertiary alicyclic amines) is 1. The van der Waals surface area contributed by atoms with Gasteiger partial charge in [-0.1, -0.05) is 32.9 Å². The minimum Gasteiger partial charge on any atom is -0.493 e. The second-order valence-corrected chi connectivity index (χ2v) is 13.0. The summed E-state index contributed by atoms with van der Waals surface area (Å²) in [5.74, 6) is -1.84. The maximum atomic E-state index is 14.4. The molecule has 3 N–H and O–H groups in total. The van der Waals surface area contributed by atoms with Gasteiger partial charge in [0.25, 0.3) is 5.91 Å². The summed E-state index contributed by atoms with van der Waals surface area (Å²) in [6.07, 6.45) is -0.668. The van der Waals surface area contributed by atoms with Crippen LogP contribution in [0.4, 0.5) is 4.39 Å². The molecule has 11 nitrogen and oxygen atoms in total. The van der Waals surface area contributed by atoms with Gasteiger partial charge in [-0.05, 0) is 36.8 Å². The van der Waals surface area contributed by atoms with Gasteiger partial charge in [-0.3, -0.25) is 19.2 Å². The van der Waals surface area contributed by atoms with Crippen LogP contribution >= 0.6 is 11.3 Å². The number of hydrogen-bond acceptors (Lipinski definition) is 9. The summed E-state index contributed by atoms with van der Waals surface area (Å²) >= 11 is 1.48. The Morgan fingerprint density at radius 2 is 1.98 bits per heavy atom. The molecule has 13 heteroatoms. The van der Waals surface area contributed by atoms with E-state index in [4.69, 9.17) is 9.47 Å². The summed E-state index contributed by atoms with van der Waals surface area (Å²) < 4.78 is 25.0. The summed E-state index contributed by atoms with van der Waals surface area (Å²) in [5, 5.41) is 15.8. The molecule has 1 saturated heterocycles. The lowest BCUT2D eigenvalue weighted by molar-refractivity contribution is -0.145. The van der Waals surface area contributed by atoms with Gasteiger partial charge >= 0.3 is 5.97 Å². The quantitative estimate of drug-likeness (QED) is 0.326. The minimum absolute atomic E-state index is 0.0154. The summed E-state index contributed by atoms with van der Waals surface area (Å²) in [6.45, 7) is 7.16. The molecule has 1 unspecified atom stereocenters. The summed E-state index contributed by atoms with van der Waals surface area (Å²) in [7, 11) is 1.30. The van der Waals surface area contributed by atoms with Crippen molar-refractivity contribution in [3.05, 3.63) is 35.0 Å². The van der Waals surface area contributed by atoms with E-state index >= 15 is 0 Å². The van der Waals surface area contributed by atoms with Crippen LogP contribution in [-0.2, 0) is 30.5 Å². The van der Waals surface area contributed by atoms with Gasteiger partial charge in [0, 0.05) is 25.1 Å². The van der Waals surface area contributed by atoms with Crippen LogP contribution in [0.15, 0.2) is 23.7 Å². The number of aromatic nitrogens is 1. The van der Waals surface area contributed by atoms with Crippen molar-refractivity contribution in [3.63, 3.8) is 0 Å². The van der Waals surface area contributed by atoms with Gasteiger partial charge in [0.1, 0.15) is 17.8 Å². The number of aliphatic hydroxyl groups excluding tert-OH is 1. The van der Waals surface area contributed by atoms with Gasteiger partial charge in [0.15, 0.2) is 5.67 Å². The first-order valence-corrected chi connectivity index (χ1v) is 15.1. The Morgan fingerprint density at radius 3 is 2.58 bits per heavy atom. The number of hydrogen-bond donors (Lipinski definition) is 3. The number of β-amino-alcohol motifs (C(OH)–C–C–N with tert-alkyl or cyclic N) is 1. The molecule has 3 atom stereocenters. The fraction of sp³-hybridized carbons (Fsp3) is 0.567. The Bertz CT molecular complexity index is 1370. The average Bonchev–Trinajstić information content (AvgIpc) is 3.37. The number of carbonyl (C=O) groups is 4. The van der Waals surface area contributed by atoms with Crippen LogP contribution in [0.25, 0.3) is 10.4 Å². The molecule has 0 radical (unpaired) electrons. The molecule has 234 valence electrons. The van der Waals surface area contributed by atoms with Crippen molar-refractivity contribution >= 4 is 35.0 Å². The second-order valence-electron chi connectivity index (χ2n) is 12.1. The van der Waals surface area contributed by atoms with Gasteiger partial charge in [-0.15, -0.1) is 11.3 Å². The third-order valence-corrected chi connectivity index (χ3v) is 8.65. The van der Waals surface area contributed by atoms with Crippen molar-refractivity contribution in [1.29, 1.82) is 0 Å². The molecule has 1 aromatic heterocycles. The summed E-state index contributed by atoms with van der Waals surface area (Å²) in [5.41, 5.74) is 1.38. The highest BCUT2D eigenvalue weighted by atomic mass is 32.1. The molecule has 1 aliphatic heterocycles. The zero-order chi connectivity index (χ0) is 31.5. The first-order chi connectivity index (χ1) is 20.2. The summed E-state index contributed by atoms with van der Waals surface area (Å²) in [4.78, 5) is 57.7. The molecule has 4 rings (SSSR count). The van der Waals surface area contributed by atoms with Crippen LogP contribution in [0.2, 0.25) is 0 Å². The van der Waals surface area contributed by atoms with Crippen molar-refractivity contribution < 1.29 is 38.1 Å². The van der Waals surface area contributed by atoms with Gasteiger partial charge in [-0.2, -0.15) is 0 Å². The van der Waals surface area contributed by atoms with Crippen LogP contribution < -0.4 is 15.4 Å². The lowest BCUT2D eigenvalue weighted by atomic mass is 9.85. The number of alkyl halides is 1. The molecule has 2 fully saturated rings. The van der Waals surface area contributed by atoms with Crippen molar-refractivity contribution in [3.8, 4) is 16.2 Å². The Morgan fingerprint density at radius 1 is 1.26 bits per heavy atom. The number of nitrogens with zero attached hydrogens (tertiary/aromatic N) is 2. The number of thiazole rings is 1. The number of benzene rings is 1. The highest BCUT2D eigenvalue weighted by Crippen LogP contribution is 2.40. The van der Waals surface area contributed by atoms with Crippen LogP contribution in [-0.4, -0.2) is 82.8 Å². The van der Waals surface area contributed by atoms with E-state index in [-0.39, 0.29) is 45.4 Å². The predicted molar refractivity (Wildman–Crippen MR) is 157 cm³/mol. The van der Waals surface area contributed by atoms with Crippen molar-refractivity contribution in [1.82, 2.24) is 20.5 Å². The Balaban J connectivity index is 1.49. The Labute approximate surface area is 254 Å². The van der Waals surface area contributed by atoms with E-state index in [1.165, 1.54) is 23.3 Å². The van der Waals surface area contributed by atoms with Crippen LogP contribution in [0, 0.1) is 12.3 Å². The Kier molecular flexibility index (Phi) is 9.75. The highest BCUT2D eigenvalue weighted by Gasteiger charge is 2.53. The molecule has 1 saturated carbocycles. The molecule has 2 heterocycles. The number of methoxy groups -OCH3 is 1. The van der Waals surface area contributed by atoms with Crippen LogP contribution in [0.5, 0.6) is 5.75 Å². The number of rotatable bonds is 11. The Hall–Kier alpha value is -3.58. The molecule has 1 aliphatic carbocycles. The van der Waals surface area contributed by atoms with E-state index in [1.54, 1.807) is 26.3 Å². The van der Waals surface area contributed by atoms with Crippen LogP contribution in [0.1, 0.15) is 57.7 Å². The standard InChI is InChI=1S/C30H39FN4O7S/c1-17-24(43-16-33-17)18-6-7-19(22(12-18)42-11-8-23(37)41-5)14-32-26(38)21-13-20(36)15-35(21)27(39)25(29(2,3)4)34-28(40)30(31)9-10-30/h6-7,12,16,20-21,25,36H,8-11,13-15H2,1-5H3,(H,32,38)(H,34,40)/t20-,21+,25?/m1/s1. The number of nitrogens with one attached hydrogen (secondary N) is 2. The first kappa shape index (κ1) is 32.3. The van der Waals surface area contributed by atoms with Gasteiger partial charge in [-0.25, -0.2) is 9.37 Å². The lowest BCUT2D eigenvalue weighted by Crippen LogP contribution is -2.59. The van der Waals surface area contributed by atoms with Crippen molar-refractivity contribution in [2.24, 2.45) is 5.41 Å². The van der Waals surface area contributed by atoms with Crippen LogP contribution in [0.3, 0.4) is 0 Å². The summed E-state index contributed by atoms with van der Waals surface area (Å²) in [6, 6.07) is 3.43. The maximum Gasteiger partial charge on any atom is 0.308 e. The first-order valence-electron chi connectivity index (χ1n) is 14.2. The number of amides is 3. The van der Waals surface area contributed by atoms with Gasteiger partial charge in [0.05, 0.1) is 42.3 Å². The van der Waals surface area contributed by atoms with E-state index in [0.29, 0.717) is 11.3 Å². The molecular formula is C30H39FN4O7S. The SMILES string of the molecule is COC(=O)CCOc1cc(-c2scnc2C)ccc1CNC(=O)[C@@H]1C[C@@H](O)CN1C(=O)C(NC(=O)C1(F)CC1)C(C)(C)C. The largest absolute Gasteiger partial charge is 0.493 e. The lowest BCUT2D eigenvalue weighted by Gasteiger charge is -2.35. The molecule has 0 spiro atoms. The van der Waals surface area contributed by atoms with E-state index in [0.717, 1.165) is 16.1 Å². The topological polar surface area (TPSA) is 147 Å². The minimum atomic E-state index is -1.96. The predicted octanol–water partition coefficient (Wildman–Crippen LogP) is 2.67. The molecule has 1 aromatic carbocycles. The maximum absolute atomic E-state index is 14.4. The number of esters is 1. The van der Waals surface area contributed by atoms with E-state index in [1.807, 2.05) is 25.1 Å². The molecular weight excluding hydrogens is 579 g/mol. The number of aryl methyl sites for hydroxylation is 1. The smallest absolute Gasteiger partial charge is 0.308 e. The average molecular weight is 619 g/mol. The zero-order valence-corrected chi connectivity index (χ0v) is 25.9. The molecule has 3 amide bonds. The molecule has 43 heavy (non-hydrogen) atoms. The fourth-order valence-corrected chi connectivity index (χ4v) is 5.72. The van der Waals surface area contributed by atoms with E-state index in [9.17, 15) is 28.7 Å². The third-order valence-electron chi connectivity index (χ3n) is 7.67. The highest BCUT2D eigenvalue weighted by molar-refractivity contribution is 7.13. The van der Waals surface area contributed by atoms with Gasteiger partial charge in [0.2, 0.25) is 11.8 Å². The number of carbonyl (C=O) groups excluding carboxylic acids is 4. The number of halogens is 1.